The lowest BCUT2D eigenvalue weighted by Crippen LogP contribution is -2.38. The van der Waals surface area contributed by atoms with E-state index in [4.69, 9.17) is 9.57 Å². The van der Waals surface area contributed by atoms with Crippen LogP contribution in [0.5, 0.6) is 0 Å². The Balaban J connectivity index is 0.00000316. The summed E-state index contributed by atoms with van der Waals surface area (Å²) < 4.78 is 6.45. The number of pyridine rings is 1. The summed E-state index contributed by atoms with van der Waals surface area (Å²) in [4.78, 5) is 43.1. The minimum absolute atomic E-state index is 0.0733. The maximum Gasteiger partial charge on any atom is 0.291 e. The Morgan fingerprint density at radius 3 is 2.25 bits per heavy atom. The average Bonchev–Trinajstić information content (AvgIpc) is 2.89. The van der Waals surface area contributed by atoms with Gasteiger partial charge in [-0.1, -0.05) is 56.8 Å². The number of carbonyl (C=O) groups excluding carboxylic acids is 2. The molecule has 2 amide bonds. The molecule has 0 unspecified atom stereocenters. The first-order chi connectivity index (χ1) is 17.4. The molecule has 1 aromatic carbocycles. The molecule has 0 saturated carbocycles. The molecule has 0 aliphatic rings. The zero-order valence-electron chi connectivity index (χ0n) is 21.8. The molecule has 9 heteroatoms. The summed E-state index contributed by atoms with van der Waals surface area (Å²) in [5.74, 6) is -0.685. The second-order valence-electron chi connectivity index (χ2n) is 7.35. The average molecular weight is 499 g/mol. The number of likely N-dealkylation sites (N-methyl/N-ethyl adjacent to an activating group) is 1. The van der Waals surface area contributed by atoms with E-state index in [9.17, 15) is 14.4 Å². The molecular formula is C27H38N4O5. The van der Waals surface area contributed by atoms with E-state index in [-0.39, 0.29) is 31.4 Å². The molecule has 2 aromatic rings. The fraction of sp³-hybridized carbons (Fsp3) is 0.370. The summed E-state index contributed by atoms with van der Waals surface area (Å²) in [6, 6.07) is 12.4. The Bertz CT molecular complexity index is 1080. The van der Waals surface area contributed by atoms with Crippen molar-refractivity contribution in [3.63, 3.8) is 0 Å². The molecule has 9 nitrogen and oxygen atoms in total. The van der Waals surface area contributed by atoms with E-state index in [1.165, 1.54) is 6.07 Å². The molecule has 196 valence electrons. The predicted molar refractivity (Wildman–Crippen MR) is 142 cm³/mol. The number of rotatable bonds is 13. The van der Waals surface area contributed by atoms with Crippen LogP contribution < -0.4 is 26.3 Å². The minimum Gasteiger partial charge on any atom is -0.405 e. The second-order valence-corrected chi connectivity index (χ2v) is 7.35. The van der Waals surface area contributed by atoms with Gasteiger partial charge >= 0.3 is 0 Å². The van der Waals surface area contributed by atoms with Crippen LogP contribution in [0, 0.1) is 0 Å². The number of nitrogens with one attached hydrogen (secondary N) is 3. The fourth-order valence-corrected chi connectivity index (χ4v) is 3.00. The summed E-state index contributed by atoms with van der Waals surface area (Å²) in [6.45, 7) is 12.5. The molecule has 1 heterocycles. The van der Waals surface area contributed by atoms with Crippen molar-refractivity contribution in [3.05, 3.63) is 88.0 Å². The lowest BCUT2D eigenvalue weighted by Gasteiger charge is -2.15. The number of hydrogen-bond donors (Lipinski definition) is 3. The van der Waals surface area contributed by atoms with Crippen LogP contribution in [-0.2, 0) is 16.1 Å². The number of aromatic nitrogens is 1. The van der Waals surface area contributed by atoms with Gasteiger partial charge in [-0.25, -0.2) is 0 Å². The number of allylic oxidation sites excluding steroid dienone is 2. The van der Waals surface area contributed by atoms with Gasteiger partial charge in [0.05, 0.1) is 18.9 Å². The summed E-state index contributed by atoms with van der Waals surface area (Å²) in [5.41, 5.74) is 1.90. The molecule has 0 spiro atoms. The molecule has 0 aliphatic heterocycles. The number of nitrogens with zero attached hydrogens (tertiary/aromatic N) is 1. The van der Waals surface area contributed by atoms with Crippen molar-refractivity contribution in [2.24, 2.45) is 0 Å². The van der Waals surface area contributed by atoms with Crippen molar-refractivity contribution in [1.29, 1.82) is 0 Å². The van der Waals surface area contributed by atoms with Gasteiger partial charge in [-0.05, 0) is 37.1 Å². The quantitative estimate of drug-likeness (QED) is 0.289. The van der Waals surface area contributed by atoms with Crippen LogP contribution >= 0.6 is 0 Å². The Labute approximate surface area is 213 Å². The first-order valence-electron chi connectivity index (χ1n) is 12.0. The van der Waals surface area contributed by atoms with E-state index in [1.807, 2.05) is 44.2 Å². The Morgan fingerprint density at radius 1 is 1.03 bits per heavy atom. The highest BCUT2D eigenvalue weighted by Gasteiger charge is 2.17. The summed E-state index contributed by atoms with van der Waals surface area (Å²) in [6.07, 6.45) is 1.68. The maximum atomic E-state index is 12.9. The van der Waals surface area contributed by atoms with Gasteiger partial charge in [-0.3, -0.25) is 14.4 Å². The third-order valence-corrected chi connectivity index (χ3v) is 4.80. The monoisotopic (exact) mass is 498 g/mol. The normalized spacial score (nSPS) is 10.5. The van der Waals surface area contributed by atoms with E-state index < -0.39 is 11.5 Å². The SMILES string of the molecule is C=C(C)c1ccc(C(=O)NCCOCCNC(=O)/C(=C/C)NC)n(OCc2ccccc2)c1=O.CC. The molecule has 0 aliphatic carbocycles. The largest absolute Gasteiger partial charge is 0.405 e. The second kappa shape index (κ2) is 16.7. The standard InChI is InChI=1S/C25H32N4O5.C2H6/c1-5-21(26-4)23(30)27-13-15-33-16-14-28-24(31)22-12-11-20(18(2)3)25(32)29(22)34-17-19-9-7-6-8-10-19;1-2/h5-12,26H,2,13-17H2,1,3-4H3,(H,27,30)(H,28,31);1-2H3/b21-5-;. The molecule has 1 aromatic heterocycles. The van der Waals surface area contributed by atoms with E-state index in [0.717, 1.165) is 10.3 Å². The molecule has 2 rings (SSSR count). The summed E-state index contributed by atoms with van der Waals surface area (Å²) in [5, 5.41) is 8.24. The molecule has 0 bridgehead atoms. The molecule has 0 saturated heterocycles. The van der Waals surface area contributed by atoms with Crippen molar-refractivity contribution in [3.8, 4) is 0 Å². The van der Waals surface area contributed by atoms with Gasteiger partial charge in [0.25, 0.3) is 17.4 Å². The first kappa shape index (κ1) is 30.2. The highest BCUT2D eigenvalue weighted by Crippen LogP contribution is 2.08. The van der Waals surface area contributed by atoms with Crippen molar-refractivity contribution >= 4 is 17.4 Å². The first-order valence-corrected chi connectivity index (χ1v) is 12.0. The third-order valence-electron chi connectivity index (χ3n) is 4.80. The van der Waals surface area contributed by atoms with Gasteiger partial charge in [-0.15, -0.1) is 4.73 Å². The van der Waals surface area contributed by atoms with Gasteiger partial charge in [0, 0.05) is 25.7 Å². The Kier molecular flexibility index (Phi) is 14.0. The van der Waals surface area contributed by atoms with Crippen LogP contribution in [0.25, 0.3) is 5.57 Å². The molecule has 36 heavy (non-hydrogen) atoms. The highest BCUT2D eigenvalue weighted by molar-refractivity contribution is 5.93. The van der Waals surface area contributed by atoms with Crippen LogP contribution in [0.4, 0.5) is 0 Å². The van der Waals surface area contributed by atoms with Crippen LogP contribution in [0.2, 0.25) is 0 Å². The number of carbonyl (C=O) groups is 2. The highest BCUT2D eigenvalue weighted by atomic mass is 16.7. The van der Waals surface area contributed by atoms with E-state index >= 15 is 0 Å². The van der Waals surface area contributed by atoms with Gasteiger partial charge in [0.15, 0.2) is 0 Å². The fourth-order valence-electron chi connectivity index (χ4n) is 3.00. The van der Waals surface area contributed by atoms with Crippen LogP contribution in [-0.4, -0.2) is 49.9 Å². The lowest BCUT2D eigenvalue weighted by molar-refractivity contribution is -0.118. The number of hydrogen-bond acceptors (Lipinski definition) is 6. The van der Waals surface area contributed by atoms with Gasteiger partial charge in [0.1, 0.15) is 12.3 Å². The molecule has 3 N–H and O–H groups in total. The van der Waals surface area contributed by atoms with Gasteiger partial charge in [-0.2, -0.15) is 0 Å². The smallest absolute Gasteiger partial charge is 0.291 e. The predicted octanol–water partition coefficient (Wildman–Crippen LogP) is 2.52. The van der Waals surface area contributed by atoms with Crippen LogP contribution in [0.3, 0.4) is 0 Å². The van der Waals surface area contributed by atoms with Gasteiger partial charge in [0.2, 0.25) is 0 Å². The lowest BCUT2D eigenvalue weighted by atomic mass is 10.1. The maximum absolute atomic E-state index is 12.9. The van der Waals surface area contributed by atoms with E-state index in [2.05, 4.69) is 22.5 Å². The van der Waals surface area contributed by atoms with E-state index in [1.54, 1.807) is 33.0 Å². The van der Waals surface area contributed by atoms with Crippen molar-refractivity contribution in [2.75, 3.05) is 33.4 Å². The molecular weight excluding hydrogens is 460 g/mol. The topological polar surface area (TPSA) is 111 Å². The van der Waals surface area contributed by atoms with Crippen molar-refractivity contribution in [1.82, 2.24) is 20.7 Å². The number of benzene rings is 1. The zero-order valence-corrected chi connectivity index (χ0v) is 21.8. The van der Waals surface area contributed by atoms with Crippen LogP contribution in [0.15, 0.2) is 65.6 Å². The zero-order chi connectivity index (χ0) is 26.9. The number of amides is 2. The number of ether oxygens (including phenoxy) is 1. The van der Waals surface area contributed by atoms with Crippen molar-refractivity contribution in [2.45, 2.75) is 34.3 Å². The third kappa shape index (κ3) is 9.42. The summed E-state index contributed by atoms with van der Waals surface area (Å²) in [7, 11) is 1.67. The minimum atomic E-state index is -0.470. The van der Waals surface area contributed by atoms with Crippen molar-refractivity contribution < 1.29 is 19.2 Å². The van der Waals surface area contributed by atoms with Crippen LogP contribution in [0.1, 0.15) is 49.3 Å². The Hall–Kier alpha value is -3.85. The Morgan fingerprint density at radius 2 is 1.67 bits per heavy atom. The van der Waals surface area contributed by atoms with E-state index in [0.29, 0.717) is 30.0 Å². The molecule has 0 fully saturated rings. The molecule has 0 radical (unpaired) electrons. The van der Waals surface area contributed by atoms with Gasteiger partial charge < -0.3 is 25.5 Å². The summed E-state index contributed by atoms with van der Waals surface area (Å²) >= 11 is 0. The molecule has 0 atom stereocenters.